The van der Waals surface area contributed by atoms with Crippen molar-refractivity contribution in [2.45, 2.75) is 23.1 Å². The van der Waals surface area contributed by atoms with Crippen molar-refractivity contribution in [3.8, 4) is 0 Å². The largest absolute Gasteiger partial charge is 0.325 e. The Morgan fingerprint density at radius 1 is 1.32 bits per heavy atom. The molecule has 1 amide bonds. The lowest BCUT2D eigenvalue weighted by atomic mass is 10.2. The molecule has 136 valence electrons. The molecule has 25 heavy (non-hydrogen) atoms. The van der Waals surface area contributed by atoms with E-state index >= 15 is 0 Å². The third kappa shape index (κ3) is 4.69. The van der Waals surface area contributed by atoms with Crippen molar-refractivity contribution in [2.24, 2.45) is 0 Å². The molecule has 6 nitrogen and oxygen atoms in total. The Kier molecular flexibility index (Phi) is 6.39. The second kappa shape index (κ2) is 8.13. The normalized spacial score (nSPS) is 16.9. The summed E-state index contributed by atoms with van der Waals surface area (Å²) in [6, 6.07) is 6.53. The highest BCUT2D eigenvalue weighted by atomic mass is 35.5. The topological polar surface area (TPSA) is 87.3 Å². The number of anilines is 2. The zero-order valence-corrected chi connectivity index (χ0v) is 15.4. The second-order valence-electron chi connectivity index (χ2n) is 5.37. The van der Waals surface area contributed by atoms with E-state index in [9.17, 15) is 17.6 Å². The molecule has 1 aromatic heterocycles. The van der Waals surface area contributed by atoms with Crippen LogP contribution >= 0.6 is 23.7 Å². The number of sulfonamides is 1. The number of halogens is 2. The first kappa shape index (κ1) is 19.6. The number of hydrogen-bond donors (Lipinski definition) is 3. The van der Waals surface area contributed by atoms with Crippen LogP contribution in [0.1, 0.15) is 12.8 Å². The first-order valence-electron chi connectivity index (χ1n) is 7.36. The van der Waals surface area contributed by atoms with Crippen LogP contribution in [0.3, 0.4) is 0 Å². The minimum Gasteiger partial charge on any atom is -0.325 e. The average Bonchev–Trinajstić information content (AvgIpc) is 3.23. The zero-order chi connectivity index (χ0) is 17.2. The van der Waals surface area contributed by atoms with Gasteiger partial charge in [0, 0.05) is 5.69 Å². The molecule has 1 unspecified atom stereocenters. The molecule has 1 aromatic carbocycles. The maximum atomic E-state index is 13.9. The van der Waals surface area contributed by atoms with Crippen LogP contribution in [0.15, 0.2) is 39.9 Å². The average molecular weight is 406 g/mol. The molecule has 0 saturated carbocycles. The molecule has 0 aliphatic carbocycles. The van der Waals surface area contributed by atoms with Crippen LogP contribution in [-0.4, -0.2) is 26.9 Å². The fourth-order valence-corrected chi connectivity index (χ4v) is 4.48. The van der Waals surface area contributed by atoms with Crippen LogP contribution in [-0.2, 0) is 14.8 Å². The van der Waals surface area contributed by atoms with Gasteiger partial charge < -0.3 is 10.6 Å². The summed E-state index contributed by atoms with van der Waals surface area (Å²) in [6.07, 6.45) is 1.66. The molecule has 1 aliphatic rings. The molecule has 3 rings (SSSR count). The van der Waals surface area contributed by atoms with E-state index in [4.69, 9.17) is 0 Å². The van der Waals surface area contributed by atoms with E-state index in [1.54, 1.807) is 11.4 Å². The lowest BCUT2D eigenvalue weighted by Gasteiger charge is -2.13. The van der Waals surface area contributed by atoms with Gasteiger partial charge in [0.15, 0.2) is 0 Å². The van der Waals surface area contributed by atoms with Crippen LogP contribution in [0.5, 0.6) is 0 Å². The van der Waals surface area contributed by atoms with Crippen molar-refractivity contribution in [2.75, 3.05) is 16.6 Å². The number of carbonyl (C=O) groups is 1. The summed E-state index contributed by atoms with van der Waals surface area (Å²) >= 11 is 1.04. The number of rotatable bonds is 5. The molecule has 0 radical (unpaired) electrons. The molecule has 1 fully saturated rings. The van der Waals surface area contributed by atoms with Crippen LogP contribution < -0.4 is 15.4 Å². The van der Waals surface area contributed by atoms with E-state index in [1.807, 2.05) is 0 Å². The van der Waals surface area contributed by atoms with Gasteiger partial charge in [0.1, 0.15) is 10.0 Å². The van der Waals surface area contributed by atoms with Gasteiger partial charge in [0.2, 0.25) is 5.91 Å². The smallest absolute Gasteiger partial charge is 0.271 e. The zero-order valence-electron chi connectivity index (χ0n) is 13.0. The minimum atomic E-state index is -3.85. The number of thiophene rings is 1. The number of carbonyl (C=O) groups excluding carboxylic acids is 1. The fraction of sp³-hybridized carbons (Fsp3) is 0.267. The Hall–Kier alpha value is -1.68. The Balaban J connectivity index is 0.00000225. The SMILES string of the molecule is Cl.O=C(Nc1ccc(F)c(NS(=O)(=O)c2cccs2)c1)C1CCCN1. The summed E-state index contributed by atoms with van der Waals surface area (Å²) in [5.74, 6) is -0.932. The summed E-state index contributed by atoms with van der Waals surface area (Å²) in [4.78, 5) is 12.1. The number of amides is 1. The molecule has 10 heteroatoms. The molecule has 3 N–H and O–H groups in total. The van der Waals surface area contributed by atoms with Gasteiger partial charge in [-0.25, -0.2) is 12.8 Å². The maximum absolute atomic E-state index is 13.9. The predicted octanol–water partition coefficient (Wildman–Crippen LogP) is 2.80. The van der Waals surface area contributed by atoms with E-state index in [2.05, 4.69) is 15.4 Å². The predicted molar refractivity (Wildman–Crippen MR) is 98.4 cm³/mol. The van der Waals surface area contributed by atoms with E-state index in [1.165, 1.54) is 18.2 Å². The van der Waals surface area contributed by atoms with Crippen LogP contribution in [0.25, 0.3) is 0 Å². The third-order valence-corrected chi connectivity index (χ3v) is 6.38. The first-order valence-corrected chi connectivity index (χ1v) is 9.72. The van der Waals surface area contributed by atoms with Crippen molar-refractivity contribution in [3.63, 3.8) is 0 Å². The quantitative estimate of drug-likeness (QED) is 0.713. The Morgan fingerprint density at radius 3 is 2.76 bits per heavy atom. The van der Waals surface area contributed by atoms with Crippen LogP contribution in [0, 0.1) is 5.82 Å². The molecular formula is C15H17ClFN3O3S2. The van der Waals surface area contributed by atoms with Gasteiger partial charge in [-0.05, 0) is 49.0 Å². The van der Waals surface area contributed by atoms with Gasteiger partial charge in [-0.15, -0.1) is 23.7 Å². The lowest BCUT2D eigenvalue weighted by Crippen LogP contribution is -2.35. The van der Waals surface area contributed by atoms with Crippen molar-refractivity contribution in [1.82, 2.24) is 5.32 Å². The molecule has 1 aliphatic heterocycles. The van der Waals surface area contributed by atoms with Crippen LogP contribution in [0.2, 0.25) is 0 Å². The highest BCUT2D eigenvalue weighted by Gasteiger charge is 2.22. The molecule has 1 saturated heterocycles. The summed E-state index contributed by atoms with van der Waals surface area (Å²) in [6.45, 7) is 0.785. The van der Waals surface area contributed by atoms with Gasteiger partial charge in [0.25, 0.3) is 10.0 Å². The van der Waals surface area contributed by atoms with Gasteiger partial charge >= 0.3 is 0 Å². The summed E-state index contributed by atoms with van der Waals surface area (Å²) < 4.78 is 40.6. The van der Waals surface area contributed by atoms with E-state index in [-0.39, 0.29) is 34.3 Å². The third-order valence-electron chi connectivity index (χ3n) is 3.61. The molecule has 0 spiro atoms. The first-order chi connectivity index (χ1) is 11.5. The van der Waals surface area contributed by atoms with E-state index in [0.717, 1.165) is 36.8 Å². The highest BCUT2D eigenvalue weighted by Crippen LogP contribution is 2.25. The van der Waals surface area contributed by atoms with Crippen molar-refractivity contribution < 1.29 is 17.6 Å². The Bertz CT molecular complexity index is 838. The standard InChI is InChI=1S/C15H16FN3O3S2.ClH/c16-11-6-5-10(18-15(20)12-3-1-7-17-12)9-13(11)19-24(21,22)14-4-2-8-23-14;/h2,4-6,8-9,12,17,19H,1,3,7H2,(H,18,20);1H. The molecular weight excluding hydrogens is 389 g/mol. The molecule has 0 bridgehead atoms. The van der Waals surface area contributed by atoms with Gasteiger partial charge in [0.05, 0.1) is 11.7 Å². The highest BCUT2D eigenvalue weighted by molar-refractivity contribution is 7.94. The Morgan fingerprint density at radius 2 is 2.12 bits per heavy atom. The van der Waals surface area contributed by atoms with Crippen molar-refractivity contribution in [3.05, 3.63) is 41.5 Å². The Labute approximate surface area is 155 Å². The maximum Gasteiger partial charge on any atom is 0.271 e. The van der Waals surface area contributed by atoms with E-state index < -0.39 is 15.8 Å². The number of hydrogen-bond acceptors (Lipinski definition) is 5. The summed E-state index contributed by atoms with van der Waals surface area (Å²) in [5.41, 5.74) is 0.125. The number of benzene rings is 1. The lowest BCUT2D eigenvalue weighted by molar-refractivity contribution is -0.117. The summed E-state index contributed by atoms with van der Waals surface area (Å²) in [7, 11) is -3.85. The monoisotopic (exact) mass is 405 g/mol. The molecule has 2 heterocycles. The minimum absolute atomic E-state index is 0. The number of nitrogens with one attached hydrogen (secondary N) is 3. The second-order valence-corrected chi connectivity index (χ2v) is 8.23. The van der Waals surface area contributed by atoms with Gasteiger partial charge in [-0.1, -0.05) is 6.07 Å². The van der Waals surface area contributed by atoms with E-state index in [0.29, 0.717) is 5.69 Å². The van der Waals surface area contributed by atoms with Crippen LogP contribution in [0.4, 0.5) is 15.8 Å². The fourth-order valence-electron chi connectivity index (χ4n) is 2.43. The molecule has 1 atom stereocenters. The molecule has 2 aromatic rings. The van der Waals surface area contributed by atoms with Gasteiger partial charge in [-0.3, -0.25) is 9.52 Å². The van der Waals surface area contributed by atoms with Gasteiger partial charge in [-0.2, -0.15) is 0 Å². The summed E-state index contributed by atoms with van der Waals surface area (Å²) in [5, 5.41) is 7.36. The van der Waals surface area contributed by atoms with Crippen molar-refractivity contribution >= 4 is 51.0 Å². The van der Waals surface area contributed by atoms with Crippen molar-refractivity contribution in [1.29, 1.82) is 0 Å².